The second kappa shape index (κ2) is 9.93. The van der Waals surface area contributed by atoms with Gasteiger partial charge in [-0.05, 0) is 63.2 Å². The van der Waals surface area contributed by atoms with Crippen LogP contribution in [0, 0.1) is 12.8 Å². The van der Waals surface area contributed by atoms with Gasteiger partial charge in [-0.1, -0.05) is 17.7 Å². The fourth-order valence-electron chi connectivity index (χ4n) is 4.28. The Bertz CT molecular complexity index is 1100. The standard InChI is InChI=1S/C26H28N2O4S/c1-18-2-5-22(6-3-18)32-16-25-27-21(17-33-25)15-28-10-8-19(9-11-28)26(29)20-4-7-23-24(14-20)31-13-12-30-23/h2-7,14,17,19H,8-13,15-16H2,1H3. The second-order valence-electron chi connectivity index (χ2n) is 8.61. The third kappa shape index (κ3) is 5.37. The summed E-state index contributed by atoms with van der Waals surface area (Å²) < 4.78 is 17.0. The monoisotopic (exact) mass is 464 g/mol. The van der Waals surface area contributed by atoms with Crippen molar-refractivity contribution in [1.29, 1.82) is 0 Å². The minimum absolute atomic E-state index is 0.0534. The van der Waals surface area contributed by atoms with Gasteiger partial charge in [-0.15, -0.1) is 11.3 Å². The van der Waals surface area contributed by atoms with Crippen molar-refractivity contribution in [3.8, 4) is 17.2 Å². The van der Waals surface area contributed by atoms with Crippen LogP contribution >= 0.6 is 11.3 Å². The molecule has 0 amide bonds. The normalized spacial score (nSPS) is 16.5. The van der Waals surface area contributed by atoms with E-state index in [1.165, 1.54) is 5.56 Å². The molecule has 0 unspecified atom stereocenters. The molecule has 7 heteroatoms. The van der Waals surface area contributed by atoms with Gasteiger partial charge in [0.05, 0.1) is 5.69 Å². The molecule has 172 valence electrons. The predicted octanol–water partition coefficient (Wildman–Crippen LogP) is 4.90. The lowest BCUT2D eigenvalue weighted by atomic mass is 9.88. The van der Waals surface area contributed by atoms with Gasteiger partial charge in [0, 0.05) is 23.4 Å². The highest BCUT2D eigenvalue weighted by Crippen LogP contribution is 2.32. The highest BCUT2D eigenvalue weighted by Gasteiger charge is 2.27. The summed E-state index contributed by atoms with van der Waals surface area (Å²) in [5.74, 6) is 2.52. The summed E-state index contributed by atoms with van der Waals surface area (Å²) in [5, 5.41) is 3.09. The third-order valence-electron chi connectivity index (χ3n) is 6.15. The molecule has 1 fully saturated rings. The van der Waals surface area contributed by atoms with E-state index in [9.17, 15) is 4.79 Å². The summed E-state index contributed by atoms with van der Waals surface area (Å²) >= 11 is 1.64. The molecule has 6 nitrogen and oxygen atoms in total. The van der Waals surface area contributed by atoms with Crippen LogP contribution < -0.4 is 14.2 Å². The van der Waals surface area contributed by atoms with Crippen LogP contribution in [0.15, 0.2) is 47.8 Å². The van der Waals surface area contributed by atoms with Gasteiger partial charge in [0.2, 0.25) is 0 Å². The number of ether oxygens (including phenoxy) is 3. The molecule has 3 aromatic rings. The third-order valence-corrected chi connectivity index (χ3v) is 7.02. The molecule has 0 aliphatic carbocycles. The summed E-state index contributed by atoms with van der Waals surface area (Å²) in [4.78, 5) is 20.1. The van der Waals surface area contributed by atoms with E-state index < -0.39 is 0 Å². The lowest BCUT2D eigenvalue weighted by molar-refractivity contribution is 0.0833. The van der Waals surface area contributed by atoms with Crippen LogP contribution in [0.3, 0.4) is 0 Å². The lowest BCUT2D eigenvalue weighted by Crippen LogP contribution is -2.36. The molecule has 0 N–H and O–H groups in total. The number of ketones is 1. The van der Waals surface area contributed by atoms with Crippen molar-refractivity contribution in [3.63, 3.8) is 0 Å². The summed E-state index contributed by atoms with van der Waals surface area (Å²) in [6.45, 7) is 6.24. The van der Waals surface area contributed by atoms with Crippen LogP contribution in [0.2, 0.25) is 0 Å². The molecule has 0 spiro atoms. The van der Waals surface area contributed by atoms with Crippen molar-refractivity contribution in [3.05, 3.63) is 69.7 Å². The van der Waals surface area contributed by atoms with Crippen LogP contribution in [-0.4, -0.2) is 42.0 Å². The minimum Gasteiger partial charge on any atom is -0.486 e. The Morgan fingerprint density at radius 3 is 2.64 bits per heavy atom. The molecular weight excluding hydrogens is 436 g/mol. The number of likely N-dealkylation sites (tertiary alicyclic amines) is 1. The first-order valence-electron chi connectivity index (χ1n) is 11.4. The van der Waals surface area contributed by atoms with E-state index in [0.717, 1.165) is 60.2 Å². The van der Waals surface area contributed by atoms with Gasteiger partial charge < -0.3 is 14.2 Å². The van der Waals surface area contributed by atoms with E-state index in [-0.39, 0.29) is 11.7 Å². The fraction of sp³-hybridized carbons (Fsp3) is 0.385. The number of hydrogen-bond acceptors (Lipinski definition) is 7. The molecule has 0 atom stereocenters. The summed E-state index contributed by atoms with van der Waals surface area (Å²) in [6.07, 6.45) is 1.72. The minimum atomic E-state index is 0.0534. The smallest absolute Gasteiger partial charge is 0.166 e. The zero-order chi connectivity index (χ0) is 22.6. The topological polar surface area (TPSA) is 60.9 Å². The molecule has 0 radical (unpaired) electrons. The molecular formula is C26H28N2O4S. The Morgan fingerprint density at radius 2 is 1.85 bits per heavy atom. The molecule has 1 saturated heterocycles. The van der Waals surface area contributed by atoms with E-state index in [1.54, 1.807) is 11.3 Å². The van der Waals surface area contributed by atoms with Gasteiger partial charge in [0.25, 0.3) is 0 Å². The number of rotatable bonds is 7. The first-order chi connectivity index (χ1) is 16.1. The largest absolute Gasteiger partial charge is 0.486 e. The zero-order valence-electron chi connectivity index (χ0n) is 18.8. The number of benzene rings is 2. The Morgan fingerprint density at radius 1 is 1.09 bits per heavy atom. The summed E-state index contributed by atoms with van der Waals surface area (Å²) in [5.41, 5.74) is 3.00. The maximum absolute atomic E-state index is 13.0. The number of nitrogens with zero attached hydrogens (tertiary/aromatic N) is 2. The van der Waals surface area contributed by atoms with Crippen LogP contribution in [-0.2, 0) is 13.2 Å². The van der Waals surface area contributed by atoms with E-state index in [4.69, 9.17) is 19.2 Å². The number of aryl methyl sites for hydroxylation is 1. The van der Waals surface area contributed by atoms with Crippen LogP contribution in [0.1, 0.15) is 39.5 Å². The number of aromatic nitrogens is 1. The Hall–Kier alpha value is -2.90. The van der Waals surface area contributed by atoms with Crippen molar-refractivity contribution in [2.24, 2.45) is 5.92 Å². The zero-order valence-corrected chi connectivity index (χ0v) is 19.6. The fourth-order valence-corrected chi connectivity index (χ4v) is 4.98. The number of Topliss-reactive ketones (excluding diaryl/α,β-unsaturated/α-hetero) is 1. The van der Waals surface area contributed by atoms with Crippen molar-refractivity contribution < 1.29 is 19.0 Å². The quantitative estimate of drug-likeness (QED) is 0.464. The van der Waals surface area contributed by atoms with Crippen LogP contribution in [0.4, 0.5) is 0 Å². The SMILES string of the molecule is Cc1ccc(OCc2nc(CN3CCC(C(=O)c4ccc5c(c4)OCCO5)CC3)cs2)cc1. The molecule has 5 rings (SSSR count). The molecule has 33 heavy (non-hydrogen) atoms. The van der Waals surface area contributed by atoms with Crippen LogP contribution in [0.25, 0.3) is 0 Å². The van der Waals surface area contributed by atoms with E-state index in [2.05, 4.69) is 17.2 Å². The molecule has 2 aromatic carbocycles. The Kier molecular flexibility index (Phi) is 6.60. The highest BCUT2D eigenvalue weighted by molar-refractivity contribution is 7.09. The number of carbonyl (C=O) groups excluding carboxylic acids is 1. The molecule has 2 aliphatic heterocycles. The van der Waals surface area contributed by atoms with Crippen molar-refractivity contribution in [2.45, 2.75) is 32.9 Å². The van der Waals surface area contributed by atoms with Crippen molar-refractivity contribution in [1.82, 2.24) is 9.88 Å². The van der Waals surface area contributed by atoms with Gasteiger partial charge >= 0.3 is 0 Å². The first kappa shape index (κ1) is 21.9. The van der Waals surface area contributed by atoms with Crippen LogP contribution in [0.5, 0.6) is 17.2 Å². The van der Waals surface area contributed by atoms with E-state index in [0.29, 0.717) is 25.6 Å². The first-order valence-corrected chi connectivity index (χ1v) is 12.3. The van der Waals surface area contributed by atoms with Crippen molar-refractivity contribution >= 4 is 17.1 Å². The highest BCUT2D eigenvalue weighted by atomic mass is 32.1. The van der Waals surface area contributed by atoms with Gasteiger partial charge in [0.15, 0.2) is 17.3 Å². The second-order valence-corrected chi connectivity index (χ2v) is 9.55. The lowest BCUT2D eigenvalue weighted by Gasteiger charge is -2.30. The molecule has 3 heterocycles. The molecule has 0 bridgehead atoms. The summed E-state index contributed by atoms with van der Waals surface area (Å²) in [7, 11) is 0. The molecule has 0 saturated carbocycles. The molecule has 2 aliphatic rings. The van der Waals surface area contributed by atoms with E-state index >= 15 is 0 Å². The van der Waals surface area contributed by atoms with E-state index in [1.807, 2.05) is 42.5 Å². The van der Waals surface area contributed by atoms with Gasteiger partial charge in [-0.2, -0.15) is 0 Å². The summed E-state index contributed by atoms with van der Waals surface area (Å²) in [6, 6.07) is 13.6. The van der Waals surface area contributed by atoms with Gasteiger partial charge in [0.1, 0.15) is 30.6 Å². The van der Waals surface area contributed by atoms with Crippen molar-refractivity contribution in [2.75, 3.05) is 26.3 Å². The average Bonchev–Trinajstić information content (AvgIpc) is 3.30. The number of thiazole rings is 1. The Balaban J connectivity index is 1.10. The molecule has 1 aromatic heterocycles. The average molecular weight is 465 g/mol. The maximum Gasteiger partial charge on any atom is 0.166 e. The van der Waals surface area contributed by atoms with Gasteiger partial charge in [-0.25, -0.2) is 4.98 Å². The Labute approximate surface area is 198 Å². The van der Waals surface area contributed by atoms with Gasteiger partial charge in [-0.3, -0.25) is 9.69 Å². The number of carbonyl (C=O) groups is 1. The number of fused-ring (bicyclic) bond motifs is 1. The predicted molar refractivity (Wildman–Crippen MR) is 127 cm³/mol. The number of piperidine rings is 1. The number of hydrogen-bond donors (Lipinski definition) is 0. The maximum atomic E-state index is 13.0.